The van der Waals surface area contributed by atoms with Crippen molar-refractivity contribution in [2.75, 3.05) is 25.6 Å². The van der Waals surface area contributed by atoms with E-state index in [1.54, 1.807) is 30.3 Å². The number of rotatable bonds is 5. The van der Waals surface area contributed by atoms with E-state index in [4.69, 9.17) is 23.4 Å². The summed E-state index contributed by atoms with van der Waals surface area (Å²) in [7, 11) is 1.51. The van der Waals surface area contributed by atoms with E-state index in [-0.39, 0.29) is 6.61 Å². The topological polar surface area (TPSA) is 96.2 Å². The Bertz CT molecular complexity index is 1330. The van der Waals surface area contributed by atoms with Crippen molar-refractivity contribution in [3.05, 3.63) is 60.7 Å². The molecule has 8 nitrogen and oxygen atoms in total. The molecule has 0 saturated carbocycles. The number of hydrogen-bond donors (Lipinski definition) is 1. The van der Waals surface area contributed by atoms with Crippen LogP contribution in [0.25, 0.3) is 21.9 Å². The normalized spacial score (nSPS) is 14.8. The zero-order valence-electron chi connectivity index (χ0n) is 17.1. The van der Waals surface area contributed by atoms with Crippen LogP contribution < -0.4 is 19.5 Å². The number of ether oxygens (including phenoxy) is 4. The smallest absolute Gasteiger partial charge is 0.351 e. The lowest BCUT2D eigenvalue weighted by molar-refractivity contribution is -0.156. The lowest BCUT2D eigenvalue weighted by Crippen LogP contribution is -2.39. The first kappa shape index (κ1) is 19.7. The Hall–Kier alpha value is -4.20. The van der Waals surface area contributed by atoms with Gasteiger partial charge in [-0.3, -0.25) is 4.79 Å². The number of carbonyl (C=O) groups is 2. The third-order valence-corrected chi connectivity index (χ3v) is 5.09. The number of methoxy groups -OCH3 is 1. The van der Waals surface area contributed by atoms with Gasteiger partial charge in [-0.15, -0.1) is 0 Å². The van der Waals surface area contributed by atoms with E-state index < -0.39 is 24.6 Å². The van der Waals surface area contributed by atoms with Gasteiger partial charge in [-0.1, -0.05) is 30.3 Å². The van der Waals surface area contributed by atoms with Crippen LogP contribution in [-0.2, 0) is 14.3 Å². The molecule has 4 aromatic rings. The largest absolute Gasteiger partial charge is 0.495 e. The number of para-hydroxylation sites is 3. The van der Waals surface area contributed by atoms with Crippen LogP contribution in [0, 0.1) is 0 Å². The van der Waals surface area contributed by atoms with Gasteiger partial charge in [0.15, 0.2) is 18.1 Å². The minimum absolute atomic E-state index is 0.00795. The molecule has 3 aromatic carbocycles. The van der Waals surface area contributed by atoms with E-state index in [0.717, 1.165) is 16.4 Å². The Labute approximate surface area is 182 Å². The summed E-state index contributed by atoms with van der Waals surface area (Å²) in [5, 5.41) is 4.52. The van der Waals surface area contributed by atoms with Crippen LogP contribution in [0.1, 0.15) is 0 Å². The molecule has 0 radical (unpaired) electrons. The third-order valence-electron chi connectivity index (χ3n) is 5.09. The molecule has 8 heteroatoms. The standard InChI is InChI=1S/C24H19NO7/c1-28-21-10-15-14-6-2-3-7-17(14)31-20(15)11-16(21)25-23(26)13-30-24(27)22-12-29-18-8-4-5-9-19(18)32-22/h2-11,22H,12-13H2,1H3,(H,25,26)/t22-/m1/s1. The predicted octanol–water partition coefficient (Wildman–Crippen LogP) is 3.92. The monoisotopic (exact) mass is 433 g/mol. The maximum absolute atomic E-state index is 12.4. The Balaban J connectivity index is 1.26. The Morgan fingerprint density at radius 2 is 1.78 bits per heavy atom. The van der Waals surface area contributed by atoms with Gasteiger partial charge in [0.1, 0.15) is 23.5 Å². The molecule has 0 saturated heterocycles. The van der Waals surface area contributed by atoms with Crippen molar-refractivity contribution in [2.24, 2.45) is 0 Å². The molecule has 1 atom stereocenters. The fourth-order valence-electron chi connectivity index (χ4n) is 3.57. The molecule has 1 aliphatic heterocycles. The number of esters is 1. The van der Waals surface area contributed by atoms with Gasteiger partial charge in [-0.2, -0.15) is 0 Å². The summed E-state index contributed by atoms with van der Waals surface area (Å²) < 4.78 is 27.5. The Morgan fingerprint density at radius 1 is 1.00 bits per heavy atom. The van der Waals surface area contributed by atoms with Crippen molar-refractivity contribution in [3.63, 3.8) is 0 Å². The highest BCUT2D eigenvalue weighted by atomic mass is 16.6. The molecule has 2 heterocycles. The fraction of sp³-hybridized carbons (Fsp3) is 0.167. The summed E-state index contributed by atoms with van der Waals surface area (Å²) >= 11 is 0. The molecule has 0 unspecified atom stereocenters. The van der Waals surface area contributed by atoms with Gasteiger partial charge < -0.3 is 28.7 Å². The summed E-state index contributed by atoms with van der Waals surface area (Å²) in [6, 6.07) is 18.1. The SMILES string of the molecule is COc1cc2c(cc1NC(=O)COC(=O)[C@H]1COc3ccccc3O1)oc1ccccc12. The second-order valence-electron chi connectivity index (χ2n) is 7.17. The maximum atomic E-state index is 12.4. The number of anilines is 1. The number of fused-ring (bicyclic) bond motifs is 4. The number of hydrogen-bond acceptors (Lipinski definition) is 7. The molecule has 5 rings (SSSR count). The highest BCUT2D eigenvalue weighted by Crippen LogP contribution is 2.36. The molecular formula is C24H19NO7. The molecule has 1 N–H and O–H groups in total. The lowest BCUT2D eigenvalue weighted by atomic mass is 10.1. The molecule has 1 amide bonds. The van der Waals surface area contributed by atoms with Crippen molar-refractivity contribution in [2.45, 2.75) is 6.10 Å². The minimum atomic E-state index is -0.945. The summed E-state index contributed by atoms with van der Waals surface area (Å²) in [6.45, 7) is -0.477. The van der Waals surface area contributed by atoms with Crippen LogP contribution in [0.4, 0.5) is 5.69 Å². The van der Waals surface area contributed by atoms with Crippen LogP contribution in [0.3, 0.4) is 0 Å². The van der Waals surface area contributed by atoms with E-state index in [9.17, 15) is 9.59 Å². The zero-order valence-corrected chi connectivity index (χ0v) is 17.1. The summed E-state index contributed by atoms with van der Waals surface area (Å²) in [5.74, 6) is 0.263. The van der Waals surface area contributed by atoms with Crippen molar-refractivity contribution >= 4 is 39.5 Å². The number of carbonyl (C=O) groups excluding carboxylic acids is 2. The van der Waals surface area contributed by atoms with Crippen LogP contribution >= 0.6 is 0 Å². The van der Waals surface area contributed by atoms with Crippen molar-refractivity contribution in [3.8, 4) is 17.2 Å². The van der Waals surface area contributed by atoms with Crippen molar-refractivity contribution < 1.29 is 33.0 Å². The van der Waals surface area contributed by atoms with Gasteiger partial charge >= 0.3 is 5.97 Å². The number of nitrogens with one attached hydrogen (secondary N) is 1. The van der Waals surface area contributed by atoms with Gasteiger partial charge in [-0.05, 0) is 24.3 Å². The molecule has 0 aliphatic carbocycles. The molecule has 0 spiro atoms. The summed E-state index contributed by atoms with van der Waals surface area (Å²) in [5.41, 5.74) is 1.75. The minimum Gasteiger partial charge on any atom is -0.495 e. The third kappa shape index (κ3) is 3.66. The average Bonchev–Trinajstić information content (AvgIpc) is 3.19. The zero-order chi connectivity index (χ0) is 22.1. The van der Waals surface area contributed by atoms with E-state index in [0.29, 0.717) is 28.5 Å². The lowest BCUT2D eigenvalue weighted by Gasteiger charge is -2.24. The molecule has 0 fully saturated rings. The molecule has 162 valence electrons. The van der Waals surface area contributed by atoms with E-state index in [2.05, 4.69) is 5.32 Å². The molecule has 0 bridgehead atoms. The van der Waals surface area contributed by atoms with Crippen LogP contribution in [-0.4, -0.2) is 38.3 Å². The second-order valence-corrected chi connectivity index (χ2v) is 7.17. The predicted molar refractivity (Wildman–Crippen MR) is 116 cm³/mol. The second kappa shape index (κ2) is 8.14. The van der Waals surface area contributed by atoms with E-state index >= 15 is 0 Å². The first-order valence-electron chi connectivity index (χ1n) is 9.96. The van der Waals surface area contributed by atoms with Gasteiger partial charge in [0.05, 0.1) is 12.8 Å². The van der Waals surface area contributed by atoms with Gasteiger partial charge in [0, 0.05) is 16.8 Å². The highest BCUT2D eigenvalue weighted by molar-refractivity contribution is 6.07. The highest BCUT2D eigenvalue weighted by Gasteiger charge is 2.29. The number of benzene rings is 3. The van der Waals surface area contributed by atoms with Crippen LogP contribution in [0.15, 0.2) is 65.1 Å². The van der Waals surface area contributed by atoms with Crippen LogP contribution in [0.2, 0.25) is 0 Å². The van der Waals surface area contributed by atoms with Gasteiger partial charge in [0.25, 0.3) is 5.91 Å². The molecule has 1 aromatic heterocycles. The van der Waals surface area contributed by atoms with Crippen molar-refractivity contribution in [1.29, 1.82) is 0 Å². The summed E-state index contributed by atoms with van der Waals surface area (Å²) in [4.78, 5) is 24.7. The quantitative estimate of drug-likeness (QED) is 0.477. The number of furan rings is 1. The Kier molecular flexibility index (Phi) is 5.03. The number of amides is 1. The van der Waals surface area contributed by atoms with Gasteiger partial charge in [-0.25, -0.2) is 4.79 Å². The van der Waals surface area contributed by atoms with E-state index in [1.165, 1.54) is 7.11 Å². The van der Waals surface area contributed by atoms with Crippen LogP contribution in [0.5, 0.6) is 17.2 Å². The molecule has 32 heavy (non-hydrogen) atoms. The maximum Gasteiger partial charge on any atom is 0.351 e. The van der Waals surface area contributed by atoms with Gasteiger partial charge in [0.2, 0.25) is 6.10 Å². The Morgan fingerprint density at radius 3 is 2.62 bits per heavy atom. The first-order valence-corrected chi connectivity index (χ1v) is 9.96. The average molecular weight is 433 g/mol. The fourth-order valence-corrected chi connectivity index (χ4v) is 3.57. The van der Waals surface area contributed by atoms with E-state index in [1.807, 2.05) is 30.3 Å². The molecular weight excluding hydrogens is 414 g/mol. The summed E-state index contributed by atoms with van der Waals surface area (Å²) in [6.07, 6.45) is -0.945. The van der Waals surface area contributed by atoms with Crippen molar-refractivity contribution in [1.82, 2.24) is 0 Å². The molecule has 1 aliphatic rings. The first-order chi connectivity index (χ1) is 15.6.